The summed E-state index contributed by atoms with van der Waals surface area (Å²) in [5, 5.41) is 2.82. The highest BCUT2D eigenvalue weighted by Gasteiger charge is 2.25. The lowest BCUT2D eigenvalue weighted by atomic mass is 10.2. The van der Waals surface area contributed by atoms with Crippen LogP contribution in [0.1, 0.15) is 12.5 Å². The molecule has 0 aromatic heterocycles. The van der Waals surface area contributed by atoms with Crippen LogP contribution < -0.4 is 19.7 Å². The van der Waals surface area contributed by atoms with E-state index in [2.05, 4.69) is 12.2 Å². The third-order valence-electron chi connectivity index (χ3n) is 4.66. The average Bonchev–Trinajstić information content (AvgIpc) is 2.71. The predicted molar refractivity (Wildman–Crippen MR) is 113 cm³/mol. The van der Waals surface area contributed by atoms with E-state index in [4.69, 9.17) is 9.47 Å². The molecule has 0 saturated heterocycles. The summed E-state index contributed by atoms with van der Waals surface area (Å²) in [5.74, 6) is 0.916. The molecular weight excluding hydrogens is 370 g/mol. The maximum Gasteiger partial charge on any atom is 0.265 e. The van der Waals surface area contributed by atoms with Crippen molar-refractivity contribution >= 4 is 23.2 Å². The zero-order chi connectivity index (χ0) is 20.8. The number of ether oxygens (including phenoxy) is 2. The molecule has 0 unspecified atom stereocenters. The molecule has 29 heavy (non-hydrogen) atoms. The number of aryl methyl sites for hydroxylation is 1. The number of amides is 2. The number of carbonyl (C=O) groups is 2. The lowest BCUT2D eigenvalue weighted by Crippen LogP contribution is -2.42. The molecule has 7 heteroatoms. The van der Waals surface area contributed by atoms with Crippen LogP contribution in [0.5, 0.6) is 11.5 Å². The average molecular weight is 397 g/mol. The molecule has 2 amide bonds. The second-order valence-electron chi connectivity index (χ2n) is 7.15. The van der Waals surface area contributed by atoms with Crippen LogP contribution in [0, 0.1) is 0 Å². The number of anilines is 2. The predicted octanol–water partition coefficient (Wildman–Crippen LogP) is 2.55. The molecule has 2 aromatic rings. The lowest BCUT2D eigenvalue weighted by molar-refractivity contribution is -0.121. The number of hydrogen-bond acceptors (Lipinski definition) is 5. The second-order valence-corrected chi connectivity index (χ2v) is 7.15. The number of rotatable bonds is 8. The largest absolute Gasteiger partial charge is 0.484 e. The van der Waals surface area contributed by atoms with Crippen molar-refractivity contribution in [3.63, 3.8) is 0 Å². The van der Waals surface area contributed by atoms with Gasteiger partial charge in [0.1, 0.15) is 11.5 Å². The summed E-state index contributed by atoms with van der Waals surface area (Å²) >= 11 is 0. The minimum absolute atomic E-state index is 0.0246. The van der Waals surface area contributed by atoms with Crippen LogP contribution in [-0.4, -0.2) is 57.1 Å². The van der Waals surface area contributed by atoms with Crippen LogP contribution in [-0.2, 0) is 16.0 Å². The maximum absolute atomic E-state index is 12.3. The minimum atomic E-state index is -0.271. The van der Waals surface area contributed by atoms with Gasteiger partial charge in [0, 0.05) is 18.8 Å². The highest BCUT2D eigenvalue weighted by molar-refractivity contribution is 5.99. The van der Waals surface area contributed by atoms with Crippen LogP contribution in [0.3, 0.4) is 0 Å². The Bertz CT molecular complexity index is 865. The van der Waals surface area contributed by atoms with Gasteiger partial charge in [-0.05, 0) is 56.4 Å². The molecule has 1 aliphatic heterocycles. The molecule has 0 atom stereocenters. The topological polar surface area (TPSA) is 71.1 Å². The summed E-state index contributed by atoms with van der Waals surface area (Å²) < 4.78 is 11.1. The molecule has 2 aromatic carbocycles. The Morgan fingerprint density at radius 2 is 1.97 bits per heavy atom. The zero-order valence-electron chi connectivity index (χ0n) is 17.1. The number of benzene rings is 2. The molecule has 154 valence electrons. The van der Waals surface area contributed by atoms with Gasteiger partial charge in [-0.3, -0.25) is 9.59 Å². The molecule has 7 nitrogen and oxygen atoms in total. The summed E-state index contributed by atoms with van der Waals surface area (Å²) in [6.45, 7) is 3.30. The number of likely N-dealkylation sites (N-methyl/N-ethyl adjacent to an activating group) is 1. The van der Waals surface area contributed by atoms with E-state index in [0.717, 1.165) is 13.0 Å². The van der Waals surface area contributed by atoms with Gasteiger partial charge in [-0.2, -0.15) is 0 Å². The van der Waals surface area contributed by atoms with Crippen molar-refractivity contribution in [3.05, 3.63) is 48.0 Å². The van der Waals surface area contributed by atoms with Crippen molar-refractivity contribution in [2.24, 2.45) is 0 Å². The highest BCUT2D eigenvalue weighted by atomic mass is 16.5. The number of fused-ring (bicyclic) bond motifs is 1. The quantitative estimate of drug-likeness (QED) is 0.741. The van der Waals surface area contributed by atoms with Crippen LogP contribution in [0.15, 0.2) is 42.5 Å². The molecule has 0 fully saturated rings. The third kappa shape index (κ3) is 5.48. The van der Waals surface area contributed by atoms with Gasteiger partial charge < -0.3 is 24.6 Å². The number of carbonyl (C=O) groups excluding carboxylic acids is 2. The van der Waals surface area contributed by atoms with Crippen LogP contribution in [0.4, 0.5) is 11.4 Å². The second kappa shape index (κ2) is 9.43. The first-order valence-electron chi connectivity index (χ1n) is 9.70. The van der Waals surface area contributed by atoms with Crippen molar-refractivity contribution in [3.8, 4) is 11.5 Å². The normalized spacial score (nSPS) is 13.1. The van der Waals surface area contributed by atoms with Gasteiger partial charge in [-0.15, -0.1) is 0 Å². The first-order valence-corrected chi connectivity index (χ1v) is 9.70. The van der Waals surface area contributed by atoms with Crippen molar-refractivity contribution < 1.29 is 19.1 Å². The van der Waals surface area contributed by atoms with Crippen molar-refractivity contribution in [2.75, 3.05) is 50.6 Å². The van der Waals surface area contributed by atoms with E-state index < -0.39 is 0 Å². The van der Waals surface area contributed by atoms with Gasteiger partial charge in [0.2, 0.25) is 0 Å². The monoisotopic (exact) mass is 397 g/mol. The van der Waals surface area contributed by atoms with E-state index in [9.17, 15) is 9.59 Å². The van der Waals surface area contributed by atoms with Crippen LogP contribution >= 0.6 is 0 Å². The van der Waals surface area contributed by atoms with E-state index in [1.165, 1.54) is 5.56 Å². The van der Waals surface area contributed by atoms with E-state index in [1.807, 2.05) is 43.3 Å². The third-order valence-corrected chi connectivity index (χ3v) is 4.66. The van der Waals surface area contributed by atoms with E-state index >= 15 is 0 Å². The summed E-state index contributed by atoms with van der Waals surface area (Å²) in [4.78, 5) is 28.3. The van der Waals surface area contributed by atoms with Gasteiger partial charge >= 0.3 is 0 Å². The molecule has 3 rings (SSSR count). The standard InChI is InChI=1S/C22H27N3O4/c1-4-16-5-8-18(9-6-16)28-14-21(26)23-17-7-10-20-19(13-17)25(12-11-24(2)3)22(27)15-29-20/h5-10,13H,4,11-12,14-15H2,1-3H3,(H,23,26). The van der Waals surface area contributed by atoms with Gasteiger partial charge in [-0.1, -0.05) is 19.1 Å². The summed E-state index contributed by atoms with van der Waals surface area (Å²) in [6, 6.07) is 13.0. The van der Waals surface area contributed by atoms with Crippen LogP contribution in [0.25, 0.3) is 0 Å². The van der Waals surface area contributed by atoms with Gasteiger partial charge in [-0.25, -0.2) is 0 Å². The first-order chi connectivity index (χ1) is 14.0. The van der Waals surface area contributed by atoms with Gasteiger partial charge in [0.15, 0.2) is 13.2 Å². The molecular formula is C22H27N3O4. The molecule has 1 aliphatic rings. The minimum Gasteiger partial charge on any atom is -0.484 e. The Morgan fingerprint density at radius 1 is 1.21 bits per heavy atom. The molecule has 0 radical (unpaired) electrons. The Balaban J connectivity index is 1.63. The van der Waals surface area contributed by atoms with Crippen LogP contribution in [0.2, 0.25) is 0 Å². The SMILES string of the molecule is CCc1ccc(OCC(=O)Nc2ccc3c(c2)N(CCN(C)C)C(=O)CO3)cc1. The molecule has 1 N–H and O–H groups in total. The molecule has 0 bridgehead atoms. The van der Waals surface area contributed by atoms with E-state index in [0.29, 0.717) is 29.4 Å². The van der Waals surface area contributed by atoms with Crippen molar-refractivity contribution in [1.82, 2.24) is 4.90 Å². The molecule has 0 saturated carbocycles. The highest BCUT2D eigenvalue weighted by Crippen LogP contribution is 2.34. The Hall–Kier alpha value is -3.06. The Morgan fingerprint density at radius 3 is 2.66 bits per heavy atom. The Labute approximate surface area is 171 Å². The van der Waals surface area contributed by atoms with E-state index in [-0.39, 0.29) is 25.0 Å². The maximum atomic E-state index is 12.3. The lowest BCUT2D eigenvalue weighted by Gasteiger charge is -2.30. The number of nitrogens with zero attached hydrogens (tertiary/aromatic N) is 2. The Kier molecular flexibility index (Phi) is 6.72. The molecule has 0 spiro atoms. The summed E-state index contributed by atoms with van der Waals surface area (Å²) in [5.41, 5.74) is 2.47. The van der Waals surface area contributed by atoms with Gasteiger partial charge in [0.25, 0.3) is 11.8 Å². The number of nitrogens with one attached hydrogen (secondary N) is 1. The first kappa shape index (κ1) is 20.7. The fraction of sp³-hybridized carbons (Fsp3) is 0.364. The van der Waals surface area contributed by atoms with E-state index in [1.54, 1.807) is 23.1 Å². The fourth-order valence-corrected chi connectivity index (χ4v) is 2.99. The van der Waals surface area contributed by atoms with Crippen molar-refractivity contribution in [2.45, 2.75) is 13.3 Å². The fourth-order valence-electron chi connectivity index (χ4n) is 2.99. The zero-order valence-corrected chi connectivity index (χ0v) is 17.1. The van der Waals surface area contributed by atoms with Crippen molar-refractivity contribution in [1.29, 1.82) is 0 Å². The van der Waals surface area contributed by atoms with Gasteiger partial charge in [0.05, 0.1) is 5.69 Å². The number of hydrogen-bond donors (Lipinski definition) is 1. The molecule has 0 aliphatic carbocycles. The summed E-state index contributed by atoms with van der Waals surface area (Å²) in [7, 11) is 3.91. The smallest absolute Gasteiger partial charge is 0.265 e. The molecule has 1 heterocycles. The summed E-state index contributed by atoms with van der Waals surface area (Å²) in [6.07, 6.45) is 0.955.